The zero-order valence-electron chi connectivity index (χ0n) is 20.7. The summed E-state index contributed by atoms with van der Waals surface area (Å²) in [6.07, 6.45) is -1.28. The summed E-state index contributed by atoms with van der Waals surface area (Å²) in [7, 11) is 1.36. The van der Waals surface area contributed by atoms with Gasteiger partial charge in [0.25, 0.3) is 0 Å². The fraction of sp³-hybridized carbons (Fsp3) is 0.538. The maximum absolute atomic E-state index is 13.0. The van der Waals surface area contributed by atoms with Crippen LogP contribution in [0.3, 0.4) is 0 Å². The topological polar surface area (TPSA) is 63.7 Å². The van der Waals surface area contributed by atoms with E-state index in [9.17, 15) is 18.0 Å². The Morgan fingerprint density at radius 3 is 2.49 bits per heavy atom. The number of ether oxygens (including phenoxy) is 2. The fourth-order valence-corrected chi connectivity index (χ4v) is 4.29. The molecule has 1 unspecified atom stereocenters. The smallest absolute Gasteiger partial charge is 0.433 e. The van der Waals surface area contributed by atoms with Crippen LogP contribution in [0.5, 0.6) is 0 Å². The summed E-state index contributed by atoms with van der Waals surface area (Å²) in [5.74, 6) is 0.00688. The molecule has 1 aliphatic rings. The highest BCUT2D eigenvalue weighted by molar-refractivity contribution is 5.77. The number of hydrogen-bond donors (Lipinski definition) is 1. The standard InChI is InChI=1S/C26H34F3N3O3/c1-17(2)16-32(21-9-11-35-12-10-21)23-7-5-19(18(3)13-25(33)34-4)14-22(23)31-20-6-8-24(30-15-20)26(27,28)29/h5-8,14-15,17-18,21,31H,9-13,16H2,1-4H3. The predicted molar refractivity (Wildman–Crippen MR) is 130 cm³/mol. The highest BCUT2D eigenvalue weighted by atomic mass is 19.4. The molecule has 0 spiro atoms. The minimum atomic E-state index is -4.50. The van der Waals surface area contributed by atoms with E-state index in [1.165, 1.54) is 19.4 Å². The van der Waals surface area contributed by atoms with E-state index in [4.69, 9.17) is 9.47 Å². The van der Waals surface area contributed by atoms with Crippen molar-refractivity contribution < 1.29 is 27.4 Å². The van der Waals surface area contributed by atoms with Crippen LogP contribution in [0.25, 0.3) is 0 Å². The Kier molecular flexibility index (Phi) is 8.99. The number of hydrogen-bond acceptors (Lipinski definition) is 6. The van der Waals surface area contributed by atoms with Crippen LogP contribution in [0, 0.1) is 5.92 Å². The minimum Gasteiger partial charge on any atom is -0.469 e. The molecule has 0 saturated carbocycles. The van der Waals surface area contributed by atoms with Crippen LogP contribution >= 0.6 is 0 Å². The van der Waals surface area contributed by atoms with Gasteiger partial charge in [0.2, 0.25) is 0 Å². The molecule has 1 N–H and O–H groups in total. The zero-order valence-corrected chi connectivity index (χ0v) is 20.7. The Morgan fingerprint density at radius 2 is 1.91 bits per heavy atom. The molecular weight excluding hydrogens is 459 g/mol. The van der Waals surface area contributed by atoms with Crippen molar-refractivity contribution in [2.45, 2.75) is 58.2 Å². The van der Waals surface area contributed by atoms with Gasteiger partial charge in [-0.1, -0.05) is 26.8 Å². The van der Waals surface area contributed by atoms with Gasteiger partial charge in [0.15, 0.2) is 0 Å². The van der Waals surface area contributed by atoms with Crippen molar-refractivity contribution >= 4 is 23.0 Å². The molecule has 9 heteroatoms. The van der Waals surface area contributed by atoms with E-state index >= 15 is 0 Å². The summed E-state index contributed by atoms with van der Waals surface area (Å²) in [5.41, 5.74) is 2.16. The van der Waals surface area contributed by atoms with Crippen molar-refractivity contribution in [1.82, 2.24) is 4.98 Å². The molecule has 1 aromatic heterocycles. The van der Waals surface area contributed by atoms with Crippen molar-refractivity contribution in [3.05, 3.63) is 47.8 Å². The average molecular weight is 494 g/mol. The van der Waals surface area contributed by atoms with Gasteiger partial charge in [-0.15, -0.1) is 0 Å². The van der Waals surface area contributed by atoms with Crippen molar-refractivity contribution in [2.75, 3.05) is 37.1 Å². The molecule has 1 atom stereocenters. The number of alkyl halides is 3. The number of pyridine rings is 1. The number of benzene rings is 1. The van der Waals surface area contributed by atoms with E-state index in [0.717, 1.165) is 42.4 Å². The van der Waals surface area contributed by atoms with Crippen molar-refractivity contribution in [3.63, 3.8) is 0 Å². The molecule has 0 radical (unpaired) electrons. The quantitative estimate of drug-likeness (QED) is 0.423. The summed E-state index contributed by atoms with van der Waals surface area (Å²) < 4.78 is 49.3. The molecule has 2 aromatic rings. The number of nitrogens with one attached hydrogen (secondary N) is 1. The van der Waals surface area contributed by atoms with Crippen LogP contribution in [-0.2, 0) is 20.4 Å². The van der Waals surface area contributed by atoms with Crippen LogP contribution in [0.1, 0.15) is 57.2 Å². The lowest BCUT2D eigenvalue weighted by molar-refractivity contribution is -0.141. The number of methoxy groups -OCH3 is 1. The number of carbonyl (C=O) groups excluding carboxylic acids is 1. The minimum absolute atomic E-state index is 0.0931. The first-order valence-corrected chi connectivity index (χ1v) is 11.9. The van der Waals surface area contributed by atoms with E-state index in [0.29, 0.717) is 24.8 Å². The monoisotopic (exact) mass is 493 g/mol. The third-order valence-electron chi connectivity index (χ3n) is 6.13. The SMILES string of the molecule is COC(=O)CC(C)c1ccc(N(CC(C)C)C2CCOCC2)c(Nc2ccc(C(F)(F)F)nc2)c1. The second-order valence-electron chi connectivity index (χ2n) is 9.40. The van der Waals surface area contributed by atoms with Crippen LogP contribution in [0.2, 0.25) is 0 Å². The van der Waals surface area contributed by atoms with Crippen molar-refractivity contribution in [1.29, 1.82) is 0 Å². The second kappa shape index (κ2) is 11.7. The van der Waals surface area contributed by atoms with Gasteiger partial charge in [0.1, 0.15) is 5.69 Å². The molecule has 6 nitrogen and oxygen atoms in total. The number of rotatable bonds is 9. The molecule has 3 rings (SSSR count). The van der Waals surface area contributed by atoms with Crippen LogP contribution in [0.4, 0.5) is 30.2 Å². The number of anilines is 3. The molecule has 0 aliphatic carbocycles. The molecule has 35 heavy (non-hydrogen) atoms. The zero-order chi connectivity index (χ0) is 25.6. The summed E-state index contributed by atoms with van der Waals surface area (Å²) in [6.45, 7) is 8.47. The summed E-state index contributed by atoms with van der Waals surface area (Å²) in [6, 6.07) is 8.64. The van der Waals surface area contributed by atoms with Crippen molar-refractivity contribution in [2.24, 2.45) is 5.92 Å². The van der Waals surface area contributed by atoms with Gasteiger partial charge >= 0.3 is 12.1 Å². The van der Waals surface area contributed by atoms with E-state index in [-0.39, 0.29) is 24.3 Å². The Labute approximate surface area is 204 Å². The van der Waals surface area contributed by atoms with Crippen LogP contribution in [0.15, 0.2) is 36.5 Å². The number of carbonyl (C=O) groups is 1. The van der Waals surface area contributed by atoms with E-state index in [2.05, 4.69) is 29.0 Å². The first-order valence-electron chi connectivity index (χ1n) is 11.9. The molecule has 1 aliphatic heterocycles. The van der Waals surface area contributed by atoms with Gasteiger partial charge < -0.3 is 19.7 Å². The normalized spacial score (nSPS) is 15.7. The maximum atomic E-state index is 13.0. The van der Waals surface area contributed by atoms with Gasteiger partial charge in [-0.2, -0.15) is 13.2 Å². The van der Waals surface area contributed by atoms with Gasteiger partial charge in [-0.25, -0.2) is 4.98 Å². The van der Waals surface area contributed by atoms with E-state index < -0.39 is 11.9 Å². The van der Waals surface area contributed by atoms with Gasteiger partial charge in [-0.3, -0.25) is 4.79 Å². The largest absolute Gasteiger partial charge is 0.469 e. The van der Waals surface area contributed by atoms with Crippen molar-refractivity contribution in [3.8, 4) is 0 Å². The number of aromatic nitrogens is 1. The molecule has 1 fully saturated rings. The van der Waals surface area contributed by atoms with Crippen LogP contribution in [-0.4, -0.2) is 43.9 Å². The Hall–Kier alpha value is -2.81. The predicted octanol–water partition coefficient (Wildman–Crippen LogP) is 6.15. The first-order chi connectivity index (χ1) is 16.6. The summed E-state index contributed by atoms with van der Waals surface area (Å²) in [5, 5.41) is 3.29. The molecule has 192 valence electrons. The molecule has 1 aromatic carbocycles. The molecule has 0 amide bonds. The molecule has 2 heterocycles. The number of nitrogens with zero attached hydrogens (tertiary/aromatic N) is 2. The Bertz CT molecular complexity index is 974. The number of esters is 1. The highest BCUT2D eigenvalue weighted by Gasteiger charge is 2.32. The van der Waals surface area contributed by atoms with Gasteiger partial charge in [0, 0.05) is 25.8 Å². The average Bonchev–Trinajstić information content (AvgIpc) is 2.82. The van der Waals surface area contributed by atoms with Gasteiger partial charge in [0.05, 0.1) is 36.8 Å². The Morgan fingerprint density at radius 1 is 1.20 bits per heavy atom. The molecular formula is C26H34F3N3O3. The third kappa shape index (κ3) is 7.34. The van der Waals surface area contributed by atoms with Gasteiger partial charge in [-0.05, 0) is 54.5 Å². The molecule has 1 saturated heterocycles. The lowest BCUT2D eigenvalue weighted by Gasteiger charge is -2.38. The molecule has 0 bridgehead atoms. The maximum Gasteiger partial charge on any atom is 0.433 e. The third-order valence-corrected chi connectivity index (χ3v) is 6.13. The van der Waals surface area contributed by atoms with E-state index in [1.54, 1.807) is 0 Å². The van der Waals surface area contributed by atoms with Crippen LogP contribution < -0.4 is 10.2 Å². The lowest BCUT2D eigenvalue weighted by atomic mass is 9.95. The lowest BCUT2D eigenvalue weighted by Crippen LogP contribution is -2.42. The first kappa shape index (κ1) is 26.8. The van der Waals surface area contributed by atoms with E-state index in [1.807, 2.05) is 25.1 Å². The Balaban J connectivity index is 2.00. The number of halogens is 3. The summed E-state index contributed by atoms with van der Waals surface area (Å²) in [4.78, 5) is 17.8. The fourth-order valence-electron chi connectivity index (χ4n) is 4.29. The highest BCUT2D eigenvalue weighted by Crippen LogP contribution is 2.36. The second-order valence-corrected chi connectivity index (χ2v) is 9.40. The summed E-state index contributed by atoms with van der Waals surface area (Å²) >= 11 is 0.